The van der Waals surface area contributed by atoms with Crippen LogP contribution in [0.4, 0.5) is 0 Å². The van der Waals surface area contributed by atoms with Gasteiger partial charge in [0, 0.05) is 0 Å². The lowest BCUT2D eigenvalue weighted by Gasteiger charge is -2.20. The van der Waals surface area contributed by atoms with E-state index in [1.54, 1.807) is 13.8 Å². The van der Waals surface area contributed by atoms with E-state index in [9.17, 15) is 9.67 Å². The molecule has 0 amide bonds. The molecule has 0 heterocycles. The first-order chi connectivity index (χ1) is 6.46. The molecule has 0 fully saturated rings. The molecule has 1 N–H and O–H groups in total. The summed E-state index contributed by atoms with van der Waals surface area (Å²) in [6.07, 6.45) is 1.48. The van der Waals surface area contributed by atoms with Gasteiger partial charge in [-0.2, -0.15) is 0 Å². The fourth-order valence-corrected chi connectivity index (χ4v) is 2.52. The Bertz CT molecular complexity index is 223. The number of rotatable bonds is 6. The van der Waals surface area contributed by atoms with E-state index < -0.39 is 13.4 Å². The molecule has 4 nitrogen and oxygen atoms in total. The summed E-state index contributed by atoms with van der Waals surface area (Å²) >= 11 is 0. The summed E-state index contributed by atoms with van der Waals surface area (Å²) in [4.78, 5) is 0. The summed E-state index contributed by atoms with van der Waals surface area (Å²) in [5.41, 5.74) is 0.872. The van der Waals surface area contributed by atoms with Crippen LogP contribution in [0.3, 0.4) is 0 Å². The van der Waals surface area contributed by atoms with E-state index in [1.165, 1.54) is 6.08 Å². The summed E-state index contributed by atoms with van der Waals surface area (Å²) in [5, 5.41) is 9.61. The molecule has 0 aromatic carbocycles. The van der Waals surface area contributed by atoms with Crippen molar-refractivity contribution < 1.29 is 18.7 Å². The number of allylic oxidation sites excluding steroid dienone is 1. The van der Waals surface area contributed by atoms with Crippen LogP contribution in [0.15, 0.2) is 11.6 Å². The average molecular weight is 222 g/mol. The Balaban J connectivity index is 4.63. The van der Waals surface area contributed by atoms with E-state index in [2.05, 4.69) is 0 Å². The lowest BCUT2D eigenvalue weighted by molar-refractivity contribution is 0.168. The minimum absolute atomic E-state index is 0.255. The molecule has 1 atom stereocenters. The van der Waals surface area contributed by atoms with Crippen LogP contribution in [0.1, 0.15) is 27.7 Å². The van der Waals surface area contributed by atoms with Crippen LogP contribution >= 0.6 is 7.60 Å². The summed E-state index contributed by atoms with van der Waals surface area (Å²) in [5.74, 6) is -1.17. The molecule has 1 unspecified atom stereocenters. The van der Waals surface area contributed by atoms with Crippen molar-refractivity contribution in [1.82, 2.24) is 0 Å². The van der Waals surface area contributed by atoms with Gasteiger partial charge in [0.2, 0.25) is 0 Å². The highest BCUT2D eigenvalue weighted by molar-refractivity contribution is 7.54. The molecule has 0 spiro atoms. The van der Waals surface area contributed by atoms with E-state index in [4.69, 9.17) is 9.05 Å². The lowest BCUT2D eigenvalue weighted by atomic mass is 10.3. The molecule has 0 saturated heterocycles. The summed E-state index contributed by atoms with van der Waals surface area (Å²) in [6, 6.07) is 0. The molecule has 0 rings (SSSR count). The molecular formula is C9H19O4P. The smallest absolute Gasteiger partial charge is 0.362 e. The largest absolute Gasteiger partial charge is 0.377 e. The third kappa shape index (κ3) is 4.38. The summed E-state index contributed by atoms with van der Waals surface area (Å²) in [6.45, 7) is 7.55. The Hall–Kier alpha value is -0.150. The minimum atomic E-state index is -3.39. The standard InChI is InChI=1S/C9H19O4P/c1-5-12-14(11,13-6-2)9(10)7-8(3)4/h7,9-10H,5-6H2,1-4H3. The maximum absolute atomic E-state index is 11.9. The minimum Gasteiger partial charge on any atom is -0.377 e. The zero-order valence-electron chi connectivity index (χ0n) is 9.19. The molecule has 0 radical (unpaired) electrons. The maximum atomic E-state index is 11.9. The Kier molecular flexibility index (Phi) is 6.29. The highest BCUT2D eigenvalue weighted by atomic mass is 31.2. The summed E-state index contributed by atoms with van der Waals surface area (Å²) < 4.78 is 21.9. The van der Waals surface area contributed by atoms with E-state index in [0.717, 1.165) is 5.57 Å². The topological polar surface area (TPSA) is 55.8 Å². The van der Waals surface area contributed by atoms with Crippen LogP contribution in [-0.2, 0) is 13.6 Å². The highest BCUT2D eigenvalue weighted by Gasteiger charge is 2.32. The SMILES string of the molecule is CCOP(=O)(OCC)C(O)C=C(C)C. The molecule has 0 aromatic rings. The summed E-state index contributed by atoms with van der Waals surface area (Å²) in [7, 11) is -3.39. The van der Waals surface area contributed by atoms with Crippen molar-refractivity contribution in [3.63, 3.8) is 0 Å². The lowest BCUT2D eigenvalue weighted by Crippen LogP contribution is -2.10. The second-order valence-electron chi connectivity index (χ2n) is 3.03. The molecule has 0 saturated carbocycles. The first kappa shape index (κ1) is 13.8. The molecule has 14 heavy (non-hydrogen) atoms. The van der Waals surface area contributed by atoms with Crippen LogP contribution in [0.25, 0.3) is 0 Å². The second-order valence-corrected chi connectivity index (χ2v) is 5.16. The van der Waals surface area contributed by atoms with Gasteiger partial charge in [0.05, 0.1) is 13.2 Å². The van der Waals surface area contributed by atoms with Gasteiger partial charge in [-0.05, 0) is 33.8 Å². The van der Waals surface area contributed by atoms with Gasteiger partial charge < -0.3 is 14.2 Å². The molecule has 5 heteroatoms. The first-order valence-electron chi connectivity index (χ1n) is 4.68. The second kappa shape index (κ2) is 6.36. The van der Waals surface area contributed by atoms with Crippen LogP contribution in [0.5, 0.6) is 0 Å². The van der Waals surface area contributed by atoms with Crippen LogP contribution < -0.4 is 0 Å². The average Bonchev–Trinajstić information content (AvgIpc) is 2.03. The predicted octanol–water partition coefficient (Wildman–Crippen LogP) is 2.54. The van der Waals surface area contributed by atoms with Crippen molar-refractivity contribution in [2.45, 2.75) is 33.5 Å². The molecular weight excluding hydrogens is 203 g/mol. The van der Waals surface area contributed by atoms with Gasteiger partial charge in [0.1, 0.15) is 0 Å². The van der Waals surface area contributed by atoms with Crippen LogP contribution in [0, 0.1) is 0 Å². The number of hydrogen-bond acceptors (Lipinski definition) is 4. The molecule has 0 aliphatic rings. The molecule has 0 aliphatic heterocycles. The number of aliphatic hydroxyl groups excluding tert-OH is 1. The van der Waals surface area contributed by atoms with E-state index >= 15 is 0 Å². The Morgan fingerprint density at radius 3 is 2.07 bits per heavy atom. The quantitative estimate of drug-likeness (QED) is 0.554. The number of aliphatic hydroxyl groups is 1. The van der Waals surface area contributed by atoms with Crippen molar-refractivity contribution in [2.75, 3.05) is 13.2 Å². The Morgan fingerprint density at radius 1 is 1.36 bits per heavy atom. The predicted molar refractivity (Wildman–Crippen MR) is 56.3 cm³/mol. The molecule has 0 aromatic heterocycles. The van der Waals surface area contributed by atoms with Gasteiger partial charge in [-0.3, -0.25) is 4.57 Å². The van der Waals surface area contributed by atoms with Gasteiger partial charge in [-0.1, -0.05) is 5.57 Å². The third-order valence-corrected chi connectivity index (χ3v) is 3.46. The number of hydrogen-bond donors (Lipinski definition) is 1. The van der Waals surface area contributed by atoms with Gasteiger partial charge >= 0.3 is 7.60 Å². The van der Waals surface area contributed by atoms with Crippen LogP contribution in [0.2, 0.25) is 0 Å². The van der Waals surface area contributed by atoms with Crippen LogP contribution in [-0.4, -0.2) is 24.2 Å². The van der Waals surface area contributed by atoms with E-state index in [1.807, 2.05) is 13.8 Å². The van der Waals surface area contributed by atoms with E-state index in [-0.39, 0.29) is 13.2 Å². The monoisotopic (exact) mass is 222 g/mol. The molecule has 0 bridgehead atoms. The zero-order valence-corrected chi connectivity index (χ0v) is 10.1. The first-order valence-corrected chi connectivity index (χ1v) is 6.29. The van der Waals surface area contributed by atoms with Crippen molar-refractivity contribution in [3.05, 3.63) is 11.6 Å². The Morgan fingerprint density at radius 2 is 1.79 bits per heavy atom. The highest BCUT2D eigenvalue weighted by Crippen LogP contribution is 2.52. The fraction of sp³-hybridized carbons (Fsp3) is 0.778. The van der Waals surface area contributed by atoms with Crippen molar-refractivity contribution >= 4 is 7.60 Å². The normalized spacial score (nSPS) is 13.8. The van der Waals surface area contributed by atoms with Gasteiger partial charge in [0.15, 0.2) is 5.85 Å². The third-order valence-electron chi connectivity index (χ3n) is 1.42. The van der Waals surface area contributed by atoms with Crippen molar-refractivity contribution in [2.24, 2.45) is 0 Å². The zero-order chi connectivity index (χ0) is 11.2. The molecule has 84 valence electrons. The van der Waals surface area contributed by atoms with Crippen molar-refractivity contribution in [3.8, 4) is 0 Å². The van der Waals surface area contributed by atoms with Gasteiger partial charge in [-0.15, -0.1) is 0 Å². The Labute approximate surface area is 85.5 Å². The van der Waals surface area contributed by atoms with Gasteiger partial charge in [-0.25, -0.2) is 0 Å². The van der Waals surface area contributed by atoms with E-state index in [0.29, 0.717) is 0 Å². The maximum Gasteiger partial charge on any atom is 0.362 e. The van der Waals surface area contributed by atoms with Crippen molar-refractivity contribution in [1.29, 1.82) is 0 Å². The fourth-order valence-electron chi connectivity index (χ4n) is 0.939. The molecule has 0 aliphatic carbocycles. The van der Waals surface area contributed by atoms with Gasteiger partial charge in [0.25, 0.3) is 0 Å².